The zero-order valence-corrected chi connectivity index (χ0v) is 34.5. The van der Waals surface area contributed by atoms with E-state index in [2.05, 4.69) is 13.8 Å². The summed E-state index contributed by atoms with van der Waals surface area (Å²) in [6, 6.07) is 6.92. The number of hydrogen-bond acceptors (Lipinski definition) is 6. The van der Waals surface area contributed by atoms with Crippen LogP contribution in [0.2, 0.25) is 0 Å². The largest absolute Gasteiger partial charge is 0.508 e. The van der Waals surface area contributed by atoms with Crippen LogP contribution in [-0.2, 0) is 9.47 Å². The number of hydrogen-bond donors (Lipinski definition) is 3. The molecule has 0 spiro atoms. The summed E-state index contributed by atoms with van der Waals surface area (Å²) in [5.74, 6) is 0.198. The molecular formula is C46H87NO5. The van der Waals surface area contributed by atoms with Gasteiger partial charge in [-0.2, -0.15) is 0 Å². The van der Waals surface area contributed by atoms with Crippen molar-refractivity contribution >= 4 is 5.69 Å². The molecule has 0 saturated carbocycles. The first-order valence-corrected chi connectivity index (χ1v) is 22.6. The van der Waals surface area contributed by atoms with Crippen LogP contribution in [0.15, 0.2) is 24.3 Å². The number of anilines is 1. The highest BCUT2D eigenvalue weighted by Crippen LogP contribution is 2.20. The minimum absolute atomic E-state index is 0.198. The van der Waals surface area contributed by atoms with Crippen LogP contribution in [0.1, 0.15) is 206 Å². The minimum Gasteiger partial charge on any atom is -0.508 e. The van der Waals surface area contributed by atoms with Gasteiger partial charge in [-0.3, -0.25) is 0 Å². The highest BCUT2D eigenvalue weighted by molar-refractivity contribution is 5.49. The Morgan fingerprint density at radius 1 is 0.423 bits per heavy atom. The maximum Gasteiger partial charge on any atom is 0.115 e. The van der Waals surface area contributed by atoms with Crippen LogP contribution in [0.4, 0.5) is 5.69 Å². The van der Waals surface area contributed by atoms with Crippen molar-refractivity contribution < 1.29 is 24.8 Å². The van der Waals surface area contributed by atoms with E-state index in [-0.39, 0.29) is 19.0 Å². The molecule has 6 heteroatoms. The van der Waals surface area contributed by atoms with Gasteiger partial charge >= 0.3 is 0 Å². The second-order valence-electron chi connectivity index (χ2n) is 15.8. The molecule has 1 aromatic carbocycles. The topological polar surface area (TPSA) is 82.4 Å². The smallest absolute Gasteiger partial charge is 0.115 e. The number of phenolic OH excluding ortho intramolecular Hbond substituents is 1. The number of aliphatic hydroxyl groups is 2. The van der Waals surface area contributed by atoms with Gasteiger partial charge in [0.05, 0.1) is 25.4 Å². The van der Waals surface area contributed by atoms with Gasteiger partial charge in [-0.15, -0.1) is 0 Å². The average Bonchev–Trinajstić information content (AvgIpc) is 3.14. The van der Waals surface area contributed by atoms with Gasteiger partial charge in [0, 0.05) is 32.0 Å². The fourth-order valence-corrected chi connectivity index (χ4v) is 7.15. The summed E-state index contributed by atoms with van der Waals surface area (Å²) in [6.07, 6.45) is 38.9. The van der Waals surface area contributed by atoms with Gasteiger partial charge in [-0.25, -0.2) is 0 Å². The van der Waals surface area contributed by atoms with Gasteiger partial charge in [0.1, 0.15) is 5.75 Å². The molecular weight excluding hydrogens is 647 g/mol. The molecule has 6 nitrogen and oxygen atoms in total. The molecule has 0 aliphatic rings. The van der Waals surface area contributed by atoms with Crippen LogP contribution in [-0.4, -0.2) is 67.0 Å². The Bertz CT molecular complexity index is 791. The molecule has 2 atom stereocenters. The van der Waals surface area contributed by atoms with E-state index >= 15 is 0 Å². The third-order valence-corrected chi connectivity index (χ3v) is 10.5. The molecule has 306 valence electrons. The third kappa shape index (κ3) is 32.1. The summed E-state index contributed by atoms with van der Waals surface area (Å²) >= 11 is 0. The second-order valence-corrected chi connectivity index (χ2v) is 15.8. The van der Waals surface area contributed by atoms with Crippen LogP contribution >= 0.6 is 0 Å². The zero-order valence-electron chi connectivity index (χ0n) is 34.5. The van der Waals surface area contributed by atoms with E-state index in [0.29, 0.717) is 26.3 Å². The molecule has 0 saturated heterocycles. The first-order valence-electron chi connectivity index (χ1n) is 22.6. The summed E-state index contributed by atoms with van der Waals surface area (Å²) < 4.78 is 11.7. The van der Waals surface area contributed by atoms with Crippen molar-refractivity contribution in [2.24, 2.45) is 0 Å². The summed E-state index contributed by atoms with van der Waals surface area (Å²) in [4.78, 5) is 1.96. The molecule has 0 aromatic heterocycles. The summed E-state index contributed by atoms with van der Waals surface area (Å²) in [7, 11) is 0. The first-order chi connectivity index (χ1) is 25.6. The number of rotatable bonds is 41. The van der Waals surface area contributed by atoms with Crippen molar-refractivity contribution in [3.8, 4) is 5.75 Å². The van der Waals surface area contributed by atoms with E-state index in [9.17, 15) is 15.3 Å². The van der Waals surface area contributed by atoms with E-state index in [0.717, 1.165) is 18.5 Å². The molecule has 3 N–H and O–H groups in total. The first kappa shape index (κ1) is 48.7. The van der Waals surface area contributed by atoms with E-state index in [1.165, 1.54) is 180 Å². The van der Waals surface area contributed by atoms with Gasteiger partial charge in [0.25, 0.3) is 0 Å². The molecule has 52 heavy (non-hydrogen) atoms. The van der Waals surface area contributed by atoms with Gasteiger partial charge in [0.2, 0.25) is 0 Å². The summed E-state index contributed by atoms with van der Waals surface area (Å²) in [6.45, 7) is 7.15. The van der Waals surface area contributed by atoms with Crippen molar-refractivity contribution in [3.63, 3.8) is 0 Å². The quantitative estimate of drug-likeness (QED) is 0.0581. The van der Waals surface area contributed by atoms with Crippen molar-refractivity contribution in [2.45, 2.75) is 219 Å². The Labute approximate surface area is 322 Å². The van der Waals surface area contributed by atoms with E-state index < -0.39 is 12.2 Å². The number of unbranched alkanes of at least 4 members (excludes halogenated alkanes) is 28. The Morgan fingerprint density at radius 2 is 0.692 bits per heavy atom. The predicted octanol–water partition coefficient (Wildman–Crippen LogP) is 12.7. The number of ether oxygens (including phenoxy) is 2. The molecule has 0 radical (unpaired) electrons. The molecule has 2 unspecified atom stereocenters. The lowest BCUT2D eigenvalue weighted by molar-refractivity contribution is 0.0284. The van der Waals surface area contributed by atoms with Crippen LogP contribution < -0.4 is 4.90 Å². The highest BCUT2D eigenvalue weighted by Gasteiger charge is 2.17. The molecule has 0 heterocycles. The second kappa shape index (κ2) is 38.0. The van der Waals surface area contributed by atoms with Crippen molar-refractivity contribution in [3.05, 3.63) is 24.3 Å². The fraction of sp³-hybridized carbons (Fsp3) is 0.870. The normalized spacial score (nSPS) is 12.8. The number of aliphatic hydroxyl groups excluding tert-OH is 2. The van der Waals surface area contributed by atoms with Crippen LogP contribution in [0.25, 0.3) is 0 Å². The Kier molecular flexibility index (Phi) is 35.5. The monoisotopic (exact) mass is 734 g/mol. The van der Waals surface area contributed by atoms with Crippen molar-refractivity contribution in [2.75, 3.05) is 44.4 Å². The standard InChI is InChI=1S/C46H87NO5/c1-3-5-7-9-11-13-15-17-19-21-23-25-27-29-31-37-51-41-45(49)39-47(43-33-35-44(48)36-34-43)40-46(50)42-52-38-32-30-28-26-24-22-20-18-16-14-12-10-8-6-4-2/h33-36,45-46,48-50H,3-32,37-42H2,1-2H3. The summed E-state index contributed by atoms with van der Waals surface area (Å²) in [5, 5.41) is 31.3. The van der Waals surface area contributed by atoms with Gasteiger partial charge < -0.3 is 29.7 Å². The maximum atomic E-state index is 10.8. The molecule has 1 rings (SSSR count). The number of aromatic hydroxyl groups is 1. The van der Waals surface area contributed by atoms with Crippen LogP contribution in [0.5, 0.6) is 5.75 Å². The number of benzene rings is 1. The molecule has 1 aromatic rings. The zero-order chi connectivity index (χ0) is 37.6. The predicted molar refractivity (Wildman–Crippen MR) is 224 cm³/mol. The lowest BCUT2D eigenvalue weighted by Crippen LogP contribution is -2.41. The van der Waals surface area contributed by atoms with Gasteiger partial charge in [0.15, 0.2) is 0 Å². The maximum absolute atomic E-state index is 10.8. The van der Waals surface area contributed by atoms with Crippen LogP contribution in [0.3, 0.4) is 0 Å². The van der Waals surface area contributed by atoms with Gasteiger partial charge in [-0.1, -0.05) is 194 Å². The molecule has 0 amide bonds. The number of nitrogens with zero attached hydrogens (tertiary/aromatic N) is 1. The lowest BCUT2D eigenvalue weighted by Gasteiger charge is -2.29. The van der Waals surface area contributed by atoms with E-state index in [4.69, 9.17) is 9.47 Å². The van der Waals surface area contributed by atoms with Gasteiger partial charge in [-0.05, 0) is 37.1 Å². The highest BCUT2D eigenvalue weighted by atomic mass is 16.5. The molecule has 0 aliphatic heterocycles. The molecule has 0 fully saturated rings. The van der Waals surface area contributed by atoms with E-state index in [1.54, 1.807) is 12.1 Å². The Morgan fingerprint density at radius 3 is 0.981 bits per heavy atom. The molecule has 0 aliphatic carbocycles. The van der Waals surface area contributed by atoms with Crippen molar-refractivity contribution in [1.29, 1.82) is 0 Å². The SMILES string of the molecule is CCCCCCCCCCCCCCCCCOCC(O)CN(CC(O)COCCCCCCCCCCCCCCCCC)c1ccc(O)cc1. The lowest BCUT2D eigenvalue weighted by atomic mass is 10.0. The number of phenols is 1. The fourth-order valence-electron chi connectivity index (χ4n) is 7.15. The summed E-state index contributed by atoms with van der Waals surface area (Å²) in [5.41, 5.74) is 0.848. The van der Waals surface area contributed by atoms with Crippen molar-refractivity contribution in [1.82, 2.24) is 0 Å². The van der Waals surface area contributed by atoms with Crippen LogP contribution in [0, 0.1) is 0 Å². The average molecular weight is 734 g/mol. The Hall–Kier alpha value is -1.34. The minimum atomic E-state index is -0.668. The third-order valence-electron chi connectivity index (χ3n) is 10.5. The molecule has 0 bridgehead atoms. The van der Waals surface area contributed by atoms with E-state index in [1.807, 2.05) is 17.0 Å². The Balaban J connectivity index is 2.08.